The standard InChI is InChI=1S/C13H16BrNO3/c14-9-5-10(18-7-9)6-15-13-3-1-12(8-13,2-4-13)11(16)17/h5,7,15H,1-4,6,8H2,(H,16,17). The van der Waals surface area contributed by atoms with Crippen molar-refractivity contribution in [3.63, 3.8) is 0 Å². The van der Waals surface area contributed by atoms with Crippen molar-refractivity contribution in [3.8, 4) is 0 Å². The number of hydrogen-bond acceptors (Lipinski definition) is 3. The summed E-state index contributed by atoms with van der Waals surface area (Å²) in [5.74, 6) is 0.264. The fourth-order valence-corrected chi connectivity index (χ4v) is 3.81. The van der Waals surface area contributed by atoms with Crippen LogP contribution in [0.1, 0.15) is 37.9 Å². The summed E-state index contributed by atoms with van der Waals surface area (Å²) in [6, 6.07) is 1.94. The Hall–Kier alpha value is -0.810. The Morgan fingerprint density at radius 1 is 1.44 bits per heavy atom. The zero-order valence-corrected chi connectivity index (χ0v) is 11.6. The Labute approximate surface area is 114 Å². The number of fused-ring (bicyclic) bond motifs is 2. The molecule has 0 spiro atoms. The lowest BCUT2D eigenvalue weighted by molar-refractivity contribution is -0.148. The van der Waals surface area contributed by atoms with Crippen molar-refractivity contribution < 1.29 is 14.3 Å². The first-order valence-corrected chi connectivity index (χ1v) is 7.04. The van der Waals surface area contributed by atoms with E-state index in [1.54, 1.807) is 6.26 Å². The van der Waals surface area contributed by atoms with E-state index in [4.69, 9.17) is 4.42 Å². The molecule has 0 saturated heterocycles. The van der Waals surface area contributed by atoms with Crippen LogP contribution in [-0.2, 0) is 11.3 Å². The number of carbonyl (C=O) groups is 1. The number of nitrogens with one attached hydrogen (secondary N) is 1. The minimum absolute atomic E-state index is 0.0116. The zero-order chi connectivity index (χ0) is 12.8. The molecule has 2 saturated carbocycles. The van der Waals surface area contributed by atoms with Gasteiger partial charge in [-0.25, -0.2) is 0 Å². The predicted octanol–water partition coefficient (Wildman–Crippen LogP) is 2.92. The molecule has 2 aliphatic carbocycles. The van der Waals surface area contributed by atoms with Gasteiger partial charge in [-0.15, -0.1) is 0 Å². The van der Waals surface area contributed by atoms with Gasteiger partial charge in [0.2, 0.25) is 0 Å². The summed E-state index contributed by atoms with van der Waals surface area (Å²) in [5.41, 5.74) is -0.450. The van der Waals surface area contributed by atoms with Crippen LogP contribution in [0.2, 0.25) is 0 Å². The monoisotopic (exact) mass is 313 g/mol. The highest BCUT2D eigenvalue weighted by molar-refractivity contribution is 9.10. The Kier molecular flexibility index (Phi) is 2.79. The number of aliphatic carboxylic acids is 1. The second kappa shape index (κ2) is 4.10. The molecule has 0 amide bonds. The molecule has 0 atom stereocenters. The van der Waals surface area contributed by atoms with Crippen LogP contribution in [0.25, 0.3) is 0 Å². The molecule has 2 bridgehead atoms. The van der Waals surface area contributed by atoms with Gasteiger partial charge in [0.05, 0.1) is 16.4 Å². The molecule has 0 unspecified atom stereocenters. The average Bonchev–Trinajstić information content (AvgIpc) is 3.00. The smallest absolute Gasteiger partial charge is 0.309 e. The summed E-state index contributed by atoms with van der Waals surface area (Å²) in [6.07, 6.45) is 5.95. The molecule has 0 aliphatic heterocycles. The minimum atomic E-state index is -0.621. The van der Waals surface area contributed by atoms with Gasteiger partial charge >= 0.3 is 5.97 Å². The second-order valence-corrected chi connectivity index (χ2v) is 6.54. The number of halogens is 1. The van der Waals surface area contributed by atoms with Crippen LogP contribution in [-0.4, -0.2) is 16.6 Å². The van der Waals surface area contributed by atoms with Crippen molar-refractivity contribution in [1.29, 1.82) is 0 Å². The van der Waals surface area contributed by atoms with Crippen LogP contribution in [0.5, 0.6) is 0 Å². The van der Waals surface area contributed by atoms with Crippen molar-refractivity contribution in [2.45, 2.75) is 44.2 Å². The van der Waals surface area contributed by atoms with Crippen molar-refractivity contribution in [2.75, 3.05) is 0 Å². The van der Waals surface area contributed by atoms with Crippen LogP contribution in [0, 0.1) is 5.41 Å². The molecule has 0 aromatic carbocycles. The fraction of sp³-hybridized carbons (Fsp3) is 0.615. The molecule has 2 aliphatic rings. The average molecular weight is 314 g/mol. The molecule has 98 valence electrons. The molecule has 2 fully saturated rings. The first kappa shape index (κ1) is 12.2. The van der Waals surface area contributed by atoms with Crippen LogP contribution in [0.15, 0.2) is 21.2 Å². The molecule has 3 rings (SSSR count). The Bertz CT molecular complexity index is 474. The molecule has 0 radical (unpaired) electrons. The quantitative estimate of drug-likeness (QED) is 0.897. The maximum atomic E-state index is 11.3. The molecular weight excluding hydrogens is 298 g/mol. The fourth-order valence-electron chi connectivity index (χ4n) is 3.46. The molecule has 2 N–H and O–H groups in total. The Balaban J connectivity index is 1.66. The Morgan fingerprint density at radius 2 is 2.17 bits per heavy atom. The molecular formula is C13H16BrNO3. The highest BCUT2D eigenvalue weighted by Gasteiger charge is 2.58. The molecule has 4 nitrogen and oxygen atoms in total. The lowest BCUT2D eigenvalue weighted by atomic mass is 9.84. The van der Waals surface area contributed by atoms with Crippen molar-refractivity contribution in [3.05, 3.63) is 22.6 Å². The Morgan fingerprint density at radius 3 is 2.67 bits per heavy atom. The van der Waals surface area contributed by atoms with Gasteiger partial charge in [0.15, 0.2) is 0 Å². The molecule has 1 aromatic rings. The predicted molar refractivity (Wildman–Crippen MR) is 69.1 cm³/mol. The topological polar surface area (TPSA) is 62.5 Å². The maximum Gasteiger partial charge on any atom is 0.309 e. The van der Waals surface area contributed by atoms with Gasteiger partial charge in [-0.1, -0.05) is 0 Å². The molecule has 1 aromatic heterocycles. The van der Waals surface area contributed by atoms with Gasteiger partial charge < -0.3 is 14.8 Å². The van der Waals surface area contributed by atoms with Gasteiger partial charge in [0.1, 0.15) is 12.0 Å². The maximum absolute atomic E-state index is 11.3. The third kappa shape index (κ3) is 1.89. The summed E-state index contributed by atoms with van der Waals surface area (Å²) in [4.78, 5) is 11.3. The SMILES string of the molecule is O=C(O)C12CCC(NCc3cc(Br)co3)(CC1)C2. The summed E-state index contributed by atoms with van der Waals surface area (Å²) in [6.45, 7) is 0.668. The van der Waals surface area contributed by atoms with Crippen molar-refractivity contribution in [1.82, 2.24) is 5.32 Å². The third-order valence-corrected chi connectivity index (χ3v) is 4.97. The summed E-state index contributed by atoms with van der Waals surface area (Å²) >= 11 is 3.35. The minimum Gasteiger partial charge on any atom is -0.481 e. The van der Waals surface area contributed by atoms with Crippen LogP contribution in [0.4, 0.5) is 0 Å². The highest BCUT2D eigenvalue weighted by Crippen LogP contribution is 2.56. The van der Waals surface area contributed by atoms with E-state index in [2.05, 4.69) is 21.2 Å². The summed E-state index contributed by atoms with van der Waals surface area (Å²) < 4.78 is 6.31. The van der Waals surface area contributed by atoms with Crippen LogP contribution < -0.4 is 5.32 Å². The van der Waals surface area contributed by atoms with Gasteiger partial charge in [-0.3, -0.25) is 4.79 Å². The van der Waals surface area contributed by atoms with Crippen LogP contribution >= 0.6 is 15.9 Å². The van der Waals surface area contributed by atoms with Crippen LogP contribution in [0.3, 0.4) is 0 Å². The highest BCUT2D eigenvalue weighted by atomic mass is 79.9. The first-order chi connectivity index (χ1) is 8.54. The number of hydrogen-bond donors (Lipinski definition) is 2. The van der Waals surface area contributed by atoms with Crippen molar-refractivity contribution >= 4 is 21.9 Å². The lowest BCUT2D eigenvalue weighted by Crippen LogP contribution is -2.40. The zero-order valence-electron chi connectivity index (χ0n) is 10.0. The molecule has 1 heterocycles. The van der Waals surface area contributed by atoms with Gasteiger partial charge in [0, 0.05) is 5.54 Å². The normalized spacial score (nSPS) is 34.1. The number of rotatable bonds is 4. The number of carboxylic acid groups (broad SMARTS) is 1. The molecule has 5 heteroatoms. The van der Waals surface area contributed by atoms with Gasteiger partial charge in [0.25, 0.3) is 0 Å². The van der Waals surface area contributed by atoms with E-state index in [0.29, 0.717) is 6.54 Å². The van der Waals surface area contributed by atoms with E-state index >= 15 is 0 Å². The number of furan rings is 1. The largest absolute Gasteiger partial charge is 0.481 e. The van der Waals surface area contributed by atoms with Crippen molar-refractivity contribution in [2.24, 2.45) is 5.41 Å². The van der Waals surface area contributed by atoms with E-state index < -0.39 is 11.4 Å². The van der Waals surface area contributed by atoms with E-state index in [0.717, 1.165) is 42.3 Å². The van der Waals surface area contributed by atoms with E-state index in [1.165, 1.54) is 0 Å². The first-order valence-electron chi connectivity index (χ1n) is 6.25. The van der Waals surface area contributed by atoms with E-state index in [-0.39, 0.29) is 5.54 Å². The number of carboxylic acids is 1. The summed E-state index contributed by atoms with van der Waals surface area (Å²) in [7, 11) is 0. The lowest BCUT2D eigenvalue weighted by Gasteiger charge is -2.27. The van der Waals surface area contributed by atoms with Gasteiger partial charge in [-0.05, 0) is 54.1 Å². The summed E-state index contributed by atoms with van der Waals surface area (Å²) in [5, 5.41) is 12.9. The van der Waals surface area contributed by atoms with E-state index in [1.807, 2.05) is 6.07 Å². The van der Waals surface area contributed by atoms with Gasteiger partial charge in [-0.2, -0.15) is 0 Å². The second-order valence-electron chi connectivity index (χ2n) is 5.63. The third-order valence-electron chi connectivity index (χ3n) is 4.55. The van der Waals surface area contributed by atoms with E-state index in [9.17, 15) is 9.90 Å². The molecule has 18 heavy (non-hydrogen) atoms.